The Hall–Kier alpha value is -3.16. The van der Waals surface area contributed by atoms with Gasteiger partial charge in [0.25, 0.3) is 0 Å². The van der Waals surface area contributed by atoms with E-state index in [0.717, 1.165) is 14.6 Å². The first-order valence-electron chi connectivity index (χ1n) is 8.35. The standard InChI is InChI=1S/C21H11NO4S2/c23-12-6-3-4-10-16(12)20(26)17-13(24)8-9-15(18(17)19(10)25)28-21-22-11-5-1-2-7-14(11)27-21/h1-9,23-24H. The van der Waals surface area contributed by atoms with Crippen molar-refractivity contribution in [3.05, 3.63) is 76.9 Å². The molecule has 0 radical (unpaired) electrons. The number of nitrogens with zero attached hydrogens (tertiary/aromatic N) is 1. The van der Waals surface area contributed by atoms with E-state index in [1.54, 1.807) is 6.07 Å². The minimum Gasteiger partial charge on any atom is -0.507 e. The van der Waals surface area contributed by atoms with E-state index in [-0.39, 0.29) is 33.8 Å². The smallest absolute Gasteiger partial charge is 0.202 e. The zero-order valence-corrected chi connectivity index (χ0v) is 15.8. The number of para-hydroxylation sites is 1. The number of phenolic OH excluding ortho intramolecular Hbond substituents is 2. The van der Waals surface area contributed by atoms with E-state index < -0.39 is 11.6 Å². The largest absolute Gasteiger partial charge is 0.507 e. The molecule has 0 aliphatic heterocycles. The number of fused-ring (bicyclic) bond motifs is 3. The van der Waals surface area contributed by atoms with Crippen LogP contribution < -0.4 is 0 Å². The van der Waals surface area contributed by atoms with Crippen molar-refractivity contribution in [2.24, 2.45) is 0 Å². The Morgan fingerprint density at radius 1 is 0.786 bits per heavy atom. The summed E-state index contributed by atoms with van der Waals surface area (Å²) in [5, 5.41) is 20.4. The Balaban J connectivity index is 1.68. The molecule has 1 aromatic heterocycles. The number of hydrogen-bond donors (Lipinski definition) is 2. The summed E-state index contributed by atoms with van der Waals surface area (Å²) >= 11 is 2.77. The van der Waals surface area contributed by atoms with Crippen LogP contribution in [0.15, 0.2) is 63.8 Å². The van der Waals surface area contributed by atoms with Gasteiger partial charge in [-0.25, -0.2) is 4.98 Å². The molecule has 4 aromatic rings. The van der Waals surface area contributed by atoms with E-state index in [1.807, 2.05) is 24.3 Å². The number of carbonyl (C=O) groups excluding carboxylic acids is 2. The second-order valence-corrected chi connectivity index (χ2v) is 8.56. The maximum atomic E-state index is 13.1. The average molecular weight is 405 g/mol. The van der Waals surface area contributed by atoms with Gasteiger partial charge in [0.2, 0.25) is 5.78 Å². The van der Waals surface area contributed by atoms with Crippen molar-refractivity contribution in [2.45, 2.75) is 9.24 Å². The summed E-state index contributed by atoms with van der Waals surface area (Å²) in [6.07, 6.45) is 0. The number of ketones is 2. The zero-order valence-electron chi connectivity index (χ0n) is 14.2. The molecule has 28 heavy (non-hydrogen) atoms. The van der Waals surface area contributed by atoms with Gasteiger partial charge in [-0.3, -0.25) is 9.59 Å². The number of thiazole rings is 1. The monoisotopic (exact) mass is 405 g/mol. The number of aromatic nitrogens is 1. The minimum absolute atomic E-state index is 0.0718. The van der Waals surface area contributed by atoms with E-state index in [9.17, 15) is 19.8 Å². The molecule has 0 spiro atoms. The molecule has 3 aromatic carbocycles. The van der Waals surface area contributed by atoms with Gasteiger partial charge < -0.3 is 10.2 Å². The lowest BCUT2D eigenvalue weighted by atomic mass is 9.83. The quantitative estimate of drug-likeness (QED) is 0.445. The first-order valence-corrected chi connectivity index (χ1v) is 9.98. The van der Waals surface area contributed by atoms with Crippen LogP contribution in [-0.2, 0) is 0 Å². The number of aromatic hydroxyl groups is 2. The van der Waals surface area contributed by atoms with Gasteiger partial charge in [0.05, 0.1) is 26.9 Å². The van der Waals surface area contributed by atoms with Crippen molar-refractivity contribution in [3.63, 3.8) is 0 Å². The third-order valence-corrected chi connectivity index (χ3v) is 6.74. The molecule has 0 saturated carbocycles. The predicted octanol–water partition coefficient (Wildman–Crippen LogP) is 4.63. The Kier molecular flexibility index (Phi) is 3.75. The fraction of sp³-hybridized carbons (Fsp3) is 0. The van der Waals surface area contributed by atoms with Crippen molar-refractivity contribution in [3.8, 4) is 11.5 Å². The van der Waals surface area contributed by atoms with Crippen molar-refractivity contribution >= 4 is 44.9 Å². The zero-order chi connectivity index (χ0) is 19.4. The van der Waals surface area contributed by atoms with Gasteiger partial charge in [-0.05, 0) is 30.3 Å². The molecule has 0 bridgehead atoms. The molecule has 2 N–H and O–H groups in total. The normalized spacial score (nSPS) is 12.9. The van der Waals surface area contributed by atoms with Gasteiger partial charge in [0.1, 0.15) is 11.5 Å². The SMILES string of the molecule is O=C1c2c(O)cccc2C(=O)c2c(Sc3nc4ccccc4s3)ccc(O)c21. The molecule has 1 aliphatic carbocycles. The fourth-order valence-corrected chi connectivity index (χ4v) is 5.50. The summed E-state index contributed by atoms with van der Waals surface area (Å²) in [5.41, 5.74) is 0.990. The number of benzene rings is 3. The van der Waals surface area contributed by atoms with E-state index in [0.29, 0.717) is 4.90 Å². The molecule has 0 unspecified atom stereocenters. The highest BCUT2D eigenvalue weighted by atomic mass is 32.2. The van der Waals surface area contributed by atoms with Crippen LogP contribution in [-0.4, -0.2) is 26.8 Å². The summed E-state index contributed by atoms with van der Waals surface area (Å²) in [4.78, 5) is 31.2. The van der Waals surface area contributed by atoms with Crippen LogP contribution in [0.5, 0.6) is 11.5 Å². The lowest BCUT2D eigenvalue weighted by Gasteiger charge is -2.21. The summed E-state index contributed by atoms with van der Waals surface area (Å²) in [7, 11) is 0. The van der Waals surface area contributed by atoms with Crippen molar-refractivity contribution in [1.29, 1.82) is 0 Å². The van der Waals surface area contributed by atoms with Crippen LogP contribution in [0, 0.1) is 0 Å². The Morgan fingerprint density at radius 3 is 2.39 bits per heavy atom. The highest BCUT2D eigenvalue weighted by molar-refractivity contribution is 8.01. The third-order valence-electron chi connectivity index (χ3n) is 4.58. The van der Waals surface area contributed by atoms with Gasteiger partial charge >= 0.3 is 0 Å². The third kappa shape index (κ3) is 2.44. The highest BCUT2D eigenvalue weighted by Gasteiger charge is 2.36. The molecule has 0 saturated heterocycles. The molecule has 0 fully saturated rings. The van der Waals surface area contributed by atoms with Crippen LogP contribution in [0.4, 0.5) is 0 Å². The second kappa shape index (κ2) is 6.19. The minimum atomic E-state index is -0.563. The first kappa shape index (κ1) is 17.0. The molecule has 5 rings (SSSR count). The molecule has 5 nitrogen and oxygen atoms in total. The number of carbonyl (C=O) groups is 2. The molecule has 1 heterocycles. The van der Waals surface area contributed by atoms with Crippen LogP contribution in [0.1, 0.15) is 31.8 Å². The van der Waals surface area contributed by atoms with E-state index >= 15 is 0 Å². The summed E-state index contributed by atoms with van der Waals surface area (Å²) < 4.78 is 1.76. The molecule has 1 aliphatic rings. The van der Waals surface area contributed by atoms with Gasteiger partial charge in [-0.15, -0.1) is 11.3 Å². The summed E-state index contributed by atoms with van der Waals surface area (Å²) in [6.45, 7) is 0. The Bertz CT molecular complexity index is 1280. The van der Waals surface area contributed by atoms with Crippen molar-refractivity contribution < 1.29 is 19.8 Å². The van der Waals surface area contributed by atoms with Crippen LogP contribution in [0.25, 0.3) is 10.2 Å². The van der Waals surface area contributed by atoms with Crippen LogP contribution in [0.3, 0.4) is 0 Å². The molecule has 136 valence electrons. The maximum absolute atomic E-state index is 13.1. The van der Waals surface area contributed by atoms with Gasteiger partial charge in [0.15, 0.2) is 10.1 Å². The predicted molar refractivity (Wildman–Crippen MR) is 107 cm³/mol. The van der Waals surface area contributed by atoms with Crippen LogP contribution >= 0.6 is 23.1 Å². The molecule has 0 atom stereocenters. The number of phenols is 2. The van der Waals surface area contributed by atoms with E-state index in [1.165, 1.54) is 47.4 Å². The molecule has 0 amide bonds. The fourth-order valence-electron chi connectivity index (χ4n) is 3.33. The topological polar surface area (TPSA) is 87.5 Å². The molecular formula is C21H11NO4S2. The first-order chi connectivity index (χ1) is 13.5. The maximum Gasteiger partial charge on any atom is 0.202 e. The summed E-state index contributed by atoms with van der Waals surface area (Å²) in [6, 6.07) is 15.1. The number of hydrogen-bond acceptors (Lipinski definition) is 7. The average Bonchev–Trinajstić information content (AvgIpc) is 3.09. The van der Waals surface area contributed by atoms with Gasteiger partial charge in [-0.1, -0.05) is 36.0 Å². The Morgan fingerprint density at radius 2 is 1.57 bits per heavy atom. The second-order valence-electron chi connectivity index (χ2n) is 6.24. The Labute approximate surface area is 167 Å². The van der Waals surface area contributed by atoms with E-state index in [2.05, 4.69) is 4.98 Å². The van der Waals surface area contributed by atoms with Crippen LogP contribution in [0.2, 0.25) is 0 Å². The van der Waals surface area contributed by atoms with Crippen molar-refractivity contribution in [2.75, 3.05) is 0 Å². The van der Waals surface area contributed by atoms with Gasteiger partial charge in [-0.2, -0.15) is 0 Å². The van der Waals surface area contributed by atoms with Gasteiger partial charge in [0, 0.05) is 10.5 Å². The highest BCUT2D eigenvalue weighted by Crippen LogP contribution is 2.43. The number of rotatable bonds is 2. The summed E-state index contributed by atoms with van der Waals surface area (Å²) in [5.74, 6) is -1.52. The lowest BCUT2D eigenvalue weighted by Crippen LogP contribution is -2.22. The molecule has 7 heteroatoms. The molecular weight excluding hydrogens is 394 g/mol. The van der Waals surface area contributed by atoms with Crippen molar-refractivity contribution in [1.82, 2.24) is 4.98 Å². The lowest BCUT2D eigenvalue weighted by molar-refractivity contribution is 0.0972. The van der Waals surface area contributed by atoms with E-state index in [4.69, 9.17) is 0 Å².